The molecular formula is C26H20O2. The summed E-state index contributed by atoms with van der Waals surface area (Å²) in [6.45, 7) is 4.01. The molecule has 28 heavy (non-hydrogen) atoms. The molecule has 0 aromatic carbocycles. The van der Waals surface area contributed by atoms with Crippen molar-refractivity contribution >= 4 is 11.4 Å². The molecule has 5 aliphatic carbocycles. The van der Waals surface area contributed by atoms with Gasteiger partial charge in [0.2, 0.25) is 5.78 Å². The third-order valence-corrected chi connectivity index (χ3v) is 5.78. The zero-order valence-electron chi connectivity index (χ0n) is 15.9. The largest absolute Gasteiger partial charge is 0.506 e. The second kappa shape index (κ2) is 6.07. The number of aliphatic hydroxyl groups is 1. The first kappa shape index (κ1) is 16.8. The highest BCUT2D eigenvalue weighted by atomic mass is 16.3. The zero-order chi connectivity index (χ0) is 19.4. The van der Waals surface area contributed by atoms with Crippen molar-refractivity contribution in [2.75, 3.05) is 0 Å². The summed E-state index contributed by atoms with van der Waals surface area (Å²) in [4.78, 5) is 13.3. The molecule has 0 atom stereocenters. The molecule has 5 aliphatic rings. The molecule has 0 bridgehead atoms. The van der Waals surface area contributed by atoms with Crippen molar-refractivity contribution < 1.29 is 9.90 Å². The van der Waals surface area contributed by atoms with Crippen molar-refractivity contribution in [3.8, 4) is 11.1 Å². The highest BCUT2D eigenvalue weighted by Gasteiger charge is 2.41. The van der Waals surface area contributed by atoms with Gasteiger partial charge < -0.3 is 5.11 Å². The first-order valence-electron chi connectivity index (χ1n) is 9.54. The van der Waals surface area contributed by atoms with Gasteiger partial charge in [-0.05, 0) is 59.3 Å². The highest BCUT2D eigenvalue weighted by molar-refractivity contribution is 6.40. The maximum absolute atomic E-state index is 13.3. The van der Waals surface area contributed by atoms with E-state index in [0.29, 0.717) is 11.1 Å². The third kappa shape index (κ3) is 2.24. The minimum atomic E-state index is -0.0679. The number of allylic oxidation sites excluding steroid dienone is 11. The fourth-order valence-corrected chi connectivity index (χ4v) is 4.53. The summed E-state index contributed by atoms with van der Waals surface area (Å²) in [6.07, 6.45) is 11.1. The number of aliphatic hydroxyl groups excluding tert-OH is 1. The SMILES string of the molecule is CC1=CC2=C(C=CC=CC2)C1=C1C(=O)C(c2c(C)cc3cccccc2-3)=C1O. The van der Waals surface area contributed by atoms with Gasteiger partial charge in [-0.2, -0.15) is 0 Å². The van der Waals surface area contributed by atoms with Gasteiger partial charge in [0.05, 0.1) is 11.1 Å². The van der Waals surface area contributed by atoms with E-state index >= 15 is 0 Å². The van der Waals surface area contributed by atoms with E-state index in [-0.39, 0.29) is 11.5 Å². The number of ketones is 1. The number of carbonyl (C=O) groups excluding carboxylic acids is 1. The van der Waals surface area contributed by atoms with Crippen LogP contribution in [0.5, 0.6) is 0 Å². The van der Waals surface area contributed by atoms with Gasteiger partial charge in [-0.25, -0.2) is 0 Å². The molecule has 0 aromatic heterocycles. The van der Waals surface area contributed by atoms with Gasteiger partial charge in [0.25, 0.3) is 0 Å². The summed E-state index contributed by atoms with van der Waals surface area (Å²) < 4.78 is 0. The molecule has 0 saturated carbocycles. The molecule has 0 aromatic rings. The third-order valence-electron chi connectivity index (χ3n) is 5.78. The molecule has 2 nitrogen and oxygen atoms in total. The van der Waals surface area contributed by atoms with E-state index in [1.807, 2.05) is 62.4 Å². The van der Waals surface area contributed by atoms with Crippen LogP contribution in [0.4, 0.5) is 0 Å². The Morgan fingerprint density at radius 3 is 2.61 bits per heavy atom. The number of hydrogen-bond donors (Lipinski definition) is 1. The van der Waals surface area contributed by atoms with Crippen molar-refractivity contribution in [3.05, 3.63) is 112 Å². The van der Waals surface area contributed by atoms with Crippen LogP contribution in [-0.4, -0.2) is 10.9 Å². The molecule has 0 amide bonds. The Morgan fingerprint density at radius 2 is 1.79 bits per heavy atom. The number of fused-ring (bicyclic) bond motifs is 1. The summed E-state index contributed by atoms with van der Waals surface area (Å²) >= 11 is 0. The molecule has 0 unspecified atom stereocenters. The van der Waals surface area contributed by atoms with Gasteiger partial charge in [0, 0.05) is 5.56 Å². The predicted octanol–water partition coefficient (Wildman–Crippen LogP) is 6.02. The lowest BCUT2D eigenvalue weighted by Crippen LogP contribution is -2.24. The second-order valence-electron chi connectivity index (χ2n) is 7.54. The van der Waals surface area contributed by atoms with Gasteiger partial charge in [-0.15, -0.1) is 0 Å². The second-order valence-corrected chi connectivity index (χ2v) is 7.54. The summed E-state index contributed by atoms with van der Waals surface area (Å²) in [5, 5.41) is 11.0. The average Bonchev–Trinajstić information content (AvgIpc) is 2.93. The van der Waals surface area contributed by atoms with Crippen LogP contribution in [-0.2, 0) is 4.79 Å². The van der Waals surface area contributed by atoms with E-state index in [1.165, 1.54) is 5.57 Å². The first-order valence-corrected chi connectivity index (χ1v) is 9.54. The Morgan fingerprint density at radius 1 is 0.964 bits per heavy atom. The molecule has 5 rings (SSSR count). The van der Waals surface area contributed by atoms with Gasteiger partial charge in [0.1, 0.15) is 5.76 Å². The first-order chi connectivity index (χ1) is 13.6. The number of carbonyl (C=O) groups is 1. The van der Waals surface area contributed by atoms with Crippen LogP contribution in [0.15, 0.2) is 100 Å². The predicted molar refractivity (Wildman–Crippen MR) is 113 cm³/mol. The van der Waals surface area contributed by atoms with E-state index < -0.39 is 0 Å². The van der Waals surface area contributed by atoms with Crippen LogP contribution in [0.25, 0.3) is 16.7 Å². The van der Waals surface area contributed by atoms with E-state index in [0.717, 1.165) is 45.4 Å². The van der Waals surface area contributed by atoms with Gasteiger partial charge in [-0.3, -0.25) is 4.79 Å². The van der Waals surface area contributed by atoms with E-state index in [9.17, 15) is 9.90 Å². The fourth-order valence-electron chi connectivity index (χ4n) is 4.53. The molecule has 136 valence electrons. The lowest BCUT2D eigenvalue weighted by molar-refractivity contribution is -0.111. The Kier molecular flexibility index (Phi) is 3.63. The maximum atomic E-state index is 13.3. The Labute approximate surface area is 164 Å². The summed E-state index contributed by atoms with van der Waals surface area (Å²) in [6, 6.07) is 12.0. The Balaban J connectivity index is 1.70. The van der Waals surface area contributed by atoms with Crippen LogP contribution < -0.4 is 0 Å². The lowest BCUT2D eigenvalue weighted by atomic mass is 9.77. The minimum Gasteiger partial charge on any atom is -0.506 e. The van der Waals surface area contributed by atoms with Gasteiger partial charge >= 0.3 is 0 Å². The molecular weight excluding hydrogens is 344 g/mol. The molecule has 1 N–H and O–H groups in total. The zero-order valence-corrected chi connectivity index (χ0v) is 15.9. The standard InChI is InChI=1S/C26H20O2/c1-15-13-17-9-5-3-7-11-19(17)21(15)23-25(27)24(26(23)28)22-16(2)14-18-10-6-4-8-12-20(18)22/h3-9,11-14,27H,10H2,1-2H3. The van der Waals surface area contributed by atoms with Crippen LogP contribution in [0, 0.1) is 6.92 Å². The number of hydrogen-bond acceptors (Lipinski definition) is 2. The van der Waals surface area contributed by atoms with Crippen LogP contribution in [0.3, 0.4) is 0 Å². The summed E-state index contributed by atoms with van der Waals surface area (Å²) in [7, 11) is 0. The van der Waals surface area contributed by atoms with Crippen LogP contribution >= 0.6 is 0 Å². The van der Waals surface area contributed by atoms with Crippen molar-refractivity contribution in [1.82, 2.24) is 0 Å². The van der Waals surface area contributed by atoms with Crippen molar-refractivity contribution in [3.63, 3.8) is 0 Å². The number of rotatable bonds is 1. The van der Waals surface area contributed by atoms with Gasteiger partial charge in [0.15, 0.2) is 0 Å². The van der Waals surface area contributed by atoms with Crippen molar-refractivity contribution in [2.45, 2.75) is 20.3 Å². The van der Waals surface area contributed by atoms with Crippen molar-refractivity contribution in [1.29, 1.82) is 0 Å². The molecule has 2 heteroatoms. The van der Waals surface area contributed by atoms with Crippen LogP contribution in [0.2, 0.25) is 0 Å². The van der Waals surface area contributed by atoms with Gasteiger partial charge in [-0.1, -0.05) is 66.8 Å². The normalized spacial score (nSPS) is 21.2. The Bertz CT molecular complexity index is 1210. The van der Waals surface area contributed by atoms with E-state index in [1.54, 1.807) is 0 Å². The topological polar surface area (TPSA) is 37.3 Å². The van der Waals surface area contributed by atoms with E-state index in [2.05, 4.69) is 18.2 Å². The minimum absolute atomic E-state index is 0.0679. The highest BCUT2D eigenvalue weighted by Crippen LogP contribution is 2.48. The van der Waals surface area contributed by atoms with Crippen LogP contribution in [0.1, 0.15) is 24.5 Å². The molecule has 0 heterocycles. The maximum Gasteiger partial charge on any atom is 0.201 e. The quantitative estimate of drug-likeness (QED) is 0.628. The number of aryl methyl sites for hydroxylation is 1. The monoisotopic (exact) mass is 364 g/mol. The lowest BCUT2D eigenvalue weighted by Gasteiger charge is -2.25. The molecule has 0 aliphatic heterocycles. The van der Waals surface area contributed by atoms with E-state index in [4.69, 9.17) is 0 Å². The fraction of sp³-hybridized carbons (Fsp3) is 0.115. The summed E-state index contributed by atoms with van der Waals surface area (Å²) in [5.74, 6) is 0.0518. The smallest absolute Gasteiger partial charge is 0.201 e. The number of Topliss-reactive ketones (excluding diaryl/α,β-unsaturated/α-hetero) is 1. The summed E-state index contributed by atoms with van der Waals surface area (Å²) in [5.41, 5.74) is 8.99. The van der Waals surface area contributed by atoms with Crippen molar-refractivity contribution in [2.24, 2.45) is 0 Å². The average molecular weight is 364 g/mol. The Hall–Kier alpha value is -3.39. The molecule has 0 saturated heterocycles. The molecule has 0 spiro atoms. The molecule has 0 radical (unpaired) electrons. The molecule has 0 fully saturated rings.